The molecule has 0 aliphatic rings. The predicted octanol–water partition coefficient (Wildman–Crippen LogP) is 2.12. The first-order valence-electron chi connectivity index (χ1n) is 5.45. The summed E-state index contributed by atoms with van der Waals surface area (Å²) in [4.78, 5) is 10.1. The number of nitrogens with zero attached hydrogens (tertiary/aromatic N) is 1. The number of methoxy groups -OCH3 is 3. The van der Waals surface area contributed by atoms with Crippen LogP contribution in [0.1, 0.15) is 12.0 Å². The fraction of sp³-hybridized carbons (Fsp3) is 0.500. The zero-order valence-electron chi connectivity index (χ0n) is 10.7. The Kier molecular flexibility index (Phi) is 5.21. The molecule has 0 heterocycles. The monoisotopic (exact) mass is 255 g/mol. The summed E-state index contributed by atoms with van der Waals surface area (Å²) < 4.78 is 15.5. The van der Waals surface area contributed by atoms with Gasteiger partial charge in [0.1, 0.15) is 0 Å². The Hall–Kier alpha value is -1.50. The summed E-state index contributed by atoms with van der Waals surface area (Å²) in [5, 5.41) is 10.5. The minimum Gasteiger partial charge on any atom is -0.331 e. The Morgan fingerprint density at radius 3 is 2.00 bits per heavy atom. The number of nitro groups is 1. The van der Waals surface area contributed by atoms with Crippen LogP contribution in [0.4, 0.5) is 5.69 Å². The van der Waals surface area contributed by atoms with Gasteiger partial charge in [-0.3, -0.25) is 10.1 Å². The summed E-state index contributed by atoms with van der Waals surface area (Å²) in [6.07, 6.45) is 1.13. The van der Waals surface area contributed by atoms with Gasteiger partial charge in [-0.1, -0.05) is 12.1 Å². The van der Waals surface area contributed by atoms with Crippen molar-refractivity contribution in [1.82, 2.24) is 0 Å². The van der Waals surface area contributed by atoms with Crippen molar-refractivity contribution in [3.63, 3.8) is 0 Å². The molecular formula is C12H17NO5. The van der Waals surface area contributed by atoms with E-state index in [1.165, 1.54) is 33.5 Å². The van der Waals surface area contributed by atoms with E-state index in [2.05, 4.69) is 0 Å². The van der Waals surface area contributed by atoms with E-state index in [4.69, 9.17) is 14.2 Å². The maximum Gasteiger partial charge on any atom is 0.282 e. The number of rotatable bonds is 7. The summed E-state index contributed by atoms with van der Waals surface area (Å²) >= 11 is 0. The molecule has 0 spiro atoms. The smallest absolute Gasteiger partial charge is 0.282 e. The van der Waals surface area contributed by atoms with Gasteiger partial charge in [-0.25, -0.2) is 0 Å². The zero-order chi connectivity index (χ0) is 13.6. The first kappa shape index (κ1) is 14.6. The molecule has 1 rings (SSSR count). The normalized spacial score (nSPS) is 11.5. The topological polar surface area (TPSA) is 70.8 Å². The Labute approximate surface area is 106 Å². The second-order valence-electron chi connectivity index (χ2n) is 3.72. The SMILES string of the molecule is COC(CCc1ccc([N+](=O)[O-])cc1)(OC)OC. The molecule has 0 bridgehead atoms. The molecule has 6 heteroatoms. The molecule has 0 N–H and O–H groups in total. The molecule has 1 aromatic carbocycles. The van der Waals surface area contributed by atoms with E-state index in [0.29, 0.717) is 12.8 Å². The molecule has 6 nitrogen and oxygen atoms in total. The number of ether oxygens (including phenoxy) is 3. The van der Waals surface area contributed by atoms with E-state index >= 15 is 0 Å². The standard InChI is InChI=1S/C12H17NO5/c1-16-12(17-2,18-3)9-8-10-4-6-11(7-5-10)13(14)15/h4-7H,8-9H2,1-3H3. The highest BCUT2D eigenvalue weighted by atomic mass is 16.9. The highest BCUT2D eigenvalue weighted by Crippen LogP contribution is 2.21. The third-order valence-corrected chi connectivity index (χ3v) is 2.80. The van der Waals surface area contributed by atoms with Crippen molar-refractivity contribution in [2.45, 2.75) is 18.8 Å². The largest absolute Gasteiger partial charge is 0.331 e. The van der Waals surface area contributed by atoms with Gasteiger partial charge in [0.05, 0.1) is 4.92 Å². The van der Waals surface area contributed by atoms with E-state index in [1.807, 2.05) is 0 Å². The fourth-order valence-electron chi connectivity index (χ4n) is 1.64. The maximum absolute atomic E-state index is 10.5. The fourth-order valence-corrected chi connectivity index (χ4v) is 1.64. The van der Waals surface area contributed by atoms with Crippen molar-refractivity contribution in [2.75, 3.05) is 21.3 Å². The van der Waals surface area contributed by atoms with Crippen molar-refractivity contribution in [3.05, 3.63) is 39.9 Å². The molecular weight excluding hydrogens is 238 g/mol. The minimum atomic E-state index is -1.07. The number of nitro benzene ring substituents is 1. The Morgan fingerprint density at radius 1 is 1.11 bits per heavy atom. The molecule has 0 amide bonds. The van der Waals surface area contributed by atoms with Gasteiger partial charge in [0.2, 0.25) is 0 Å². The number of benzene rings is 1. The van der Waals surface area contributed by atoms with E-state index in [-0.39, 0.29) is 5.69 Å². The molecule has 0 radical (unpaired) electrons. The lowest BCUT2D eigenvalue weighted by atomic mass is 10.1. The Morgan fingerprint density at radius 2 is 1.61 bits per heavy atom. The van der Waals surface area contributed by atoms with Crippen LogP contribution in [0.5, 0.6) is 0 Å². The van der Waals surface area contributed by atoms with E-state index in [1.54, 1.807) is 12.1 Å². The average molecular weight is 255 g/mol. The minimum absolute atomic E-state index is 0.0789. The molecule has 100 valence electrons. The lowest BCUT2D eigenvalue weighted by Gasteiger charge is -2.28. The number of non-ortho nitro benzene ring substituents is 1. The first-order valence-corrected chi connectivity index (χ1v) is 5.45. The molecule has 0 saturated carbocycles. The van der Waals surface area contributed by atoms with Gasteiger partial charge in [0.25, 0.3) is 11.7 Å². The summed E-state index contributed by atoms with van der Waals surface area (Å²) in [6.45, 7) is 0. The lowest BCUT2D eigenvalue weighted by molar-refractivity contribution is -0.384. The lowest BCUT2D eigenvalue weighted by Crippen LogP contribution is -2.36. The Balaban J connectivity index is 2.65. The maximum atomic E-state index is 10.5. The summed E-state index contributed by atoms with van der Waals surface area (Å²) in [6, 6.07) is 6.38. The van der Waals surface area contributed by atoms with Crippen LogP contribution in [-0.4, -0.2) is 32.2 Å². The van der Waals surface area contributed by atoms with Crippen LogP contribution >= 0.6 is 0 Å². The second-order valence-corrected chi connectivity index (χ2v) is 3.72. The van der Waals surface area contributed by atoms with Gasteiger partial charge in [0.15, 0.2) is 0 Å². The van der Waals surface area contributed by atoms with E-state index in [0.717, 1.165) is 5.56 Å². The molecule has 0 aliphatic carbocycles. The Bertz CT molecular complexity index is 378. The average Bonchev–Trinajstić information content (AvgIpc) is 2.41. The van der Waals surface area contributed by atoms with Gasteiger partial charge < -0.3 is 14.2 Å². The molecule has 0 fully saturated rings. The molecule has 18 heavy (non-hydrogen) atoms. The summed E-state index contributed by atoms with van der Waals surface area (Å²) in [5.74, 6) is -1.07. The molecule has 1 aromatic rings. The summed E-state index contributed by atoms with van der Waals surface area (Å²) in [7, 11) is 4.51. The van der Waals surface area contributed by atoms with Crippen LogP contribution in [0.25, 0.3) is 0 Å². The first-order chi connectivity index (χ1) is 8.56. The zero-order valence-corrected chi connectivity index (χ0v) is 10.7. The molecule has 0 aromatic heterocycles. The van der Waals surface area contributed by atoms with Crippen molar-refractivity contribution < 1.29 is 19.1 Å². The van der Waals surface area contributed by atoms with Gasteiger partial charge in [-0.2, -0.15) is 0 Å². The molecule has 0 atom stereocenters. The van der Waals surface area contributed by atoms with Crippen LogP contribution in [0, 0.1) is 10.1 Å². The third kappa shape index (κ3) is 3.49. The van der Waals surface area contributed by atoms with Crippen molar-refractivity contribution in [1.29, 1.82) is 0 Å². The van der Waals surface area contributed by atoms with Gasteiger partial charge >= 0.3 is 0 Å². The number of hydrogen-bond donors (Lipinski definition) is 0. The molecule has 0 saturated heterocycles. The van der Waals surface area contributed by atoms with Crippen molar-refractivity contribution in [2.24, 2.45) is 0 Å². The van der Waals surface area contributed by atoms with Crippen LogP contribution in [0.2, 0.25) is 0 Å². The number of hydrogen-bond acceptors (Lipinski definition) is 5. The van der Waals surface area contributed by atoms with Gasteiger partial charge in [-0.05, 0) is 12.0 Å². The van der Waals surface area contributed by atoms with Crippen LogP contribution in [0.15, 0.2) is 24.3 Å². The van der Waals surface area contributed by atoms with Crippen LogP contribution < -0.4 is 0 Å². The van der Waals surface area contributed by atoms with Crippen molar-refractivity contribution >= 4 is 5.69 Å². The highest BCUT2D eigenvalue weighted by molar-refractivity contribution is 5.32. The summed E-state index contributed by atoms with van der Waals surface area (Å²) in [5.41, 5.74) is 1.03. The highest BCUT2D eigenvalue weighted by Gasteiger charge is 2.28. The van der Waals surface area contributed by atoms with Gasteiger partial charge in [-0.15, -0.1) is 0 Å². The van der Waals surface area contributed by atoms with Crippen molar-refractivity contribution in [3.8, 4) is 0 Å². The third-order valence-electron chi connectivity index (χ3n) is 2.80. The van der Waals surface area contributed by atoms with Crippen LogP contribution in [-0.2, 0) is 20.6 Å². The van der Waals surface area contributed by atoms with Gasteiger partial charge in [0, 0.05) is 39.9 Å². The molecule has 0 unspecified atom stereocenters. The number of aryl methyl sites for hydroxylation is 1. The van der Waals surface area contributed by atoms with E-state index in [9.17, 15) is 10.1 Å². The second kappa shape index (κ2) is 6.44. The predicted molar refractivity (Wildman–Crippen MR) is 65.2 cm³/mol. The van der Waals surface area contributed by atoms with Crippen LogP contribution in [0.3, 0.4) is 0 Å². The molecule has 0 aliphatic heterocycles. The van der Waals surface area contributed by atoms with E-state index < -0.39 is 10.9 Å². The quantitative estimate of drug-likeness (QED) is 0.424.